The van der Waals surface area contributed by atoms with Crippen LogP contribution < -0.4 is 0 Å². The van der Waals surface area contributed by atoms with Crippen molar-refractivity contribution in [3.8, 4) is 0 Å². The van der Waals surface area contributed by atoms with E-state index in [4.69, 9.17) is 14.0 Å². The number of phosphoric acid groups is 1. The summed E-state index contributed by atoms with van der Waals surface area (Å²) < 4.78 is 31.9. The van der Waals surface area contributed by atoms with Gasteiger partial charge in [0.1, 0.15) is 6.61 Å². The predicted octanol–water partition coefficient (Wildman–Crippen LogP) is 12.7. The summed E-state index contributed by atoms with van der Waals surface area (Å²) in [4.78, 5) is 34.4. The minimum absolute atomic E-state index is 0.228. The molecule has 9 heteroatoms. The summed E-state index contributed by atoms with van der Waals surface area (Å²) in [5.74, 6) is -0.813. The Labute approximate surface area is 307 Å². The van der Waals surface area contributed by atoms with Crippen LogP contribution in [0.3, 0.4) is 0 Å². The highest BCUT2D eigenvalue weighted by molar-refractivity contribution is 7.47. The Morgan fingerprint density at radius 3 is 1.34 bits per heavy atom. The molecule has 0 saturated heterocycles. The van der Waals surface area contributed by atoms with Gasteiger partial charge in [-0.3, -0.25) is 18.6 Å². The van der Waals surface area contributed by atoms with E-state index in [-0.39, 0.29) is 25.4 Å². The van der Waals surface area contributed by atoms with Crippen molar-refractivity contribution in [2.75, 3.05) is 20.3 Å². The third kappa shape index (κ3) is 36.3. The van der Waals surface area contributed by atoms with Gasteiger partial charge in [0.15, 0.2) is 6.10 Å². The Balaban J connectivity index is 3.99. The maximum Gasteiger partial charge on any atom is 0.472 e. The highest BCUT2D eigenvalue weighted by Crippen LogP contribution is 2.42. The second-order valence-corrected chi connectivity index (χ2v) is 15.3. The van der Waals surface area contributed by atoms with Crippen LogP contribution in [0.4, 0.5) is 0 Å². The first kappa shape index (κ1) is 48.5. The Bertz CT molecular complexity index is 875. The van der Waals surface area contributed by atoms with E-state index in [9.17, 15) is 19.0 Å². The first-order valence-electron chi connectivity index (χ1n) is 20.5. The number of rotatable bonds is 38. The third-order valence-electron chi connectivity index (χ3n) is 8.92. The minimum Gasteiger partial charge on any atom is -0.462 e. The maximum atomic E-state index is 12.5. The summed E-state index contributed by atoms with van der Waals surface area (Å²) in [5, 5.41) is 0. The van der Waals surface area contributed by atoms with Gasteiger partial charge in [-0.05, 0) is 64.2 Å². The van der Waals surface area contributed by atoms with E-state index < -0.39 is 26.5 Å². The second-order valence-electron chi connectivity index (χ2n) is 13.8. The fourth-order valence-corrected chi connectivity index (χ4v) is 6.17. The smallest absolute Gasteiger partial charge is 0.462 e. The van der Waals surface area contributed by atoms with Gasteiger partial charge in [-0.1, -0.05) is 147 Å². The number of phosphoric ester groups is 1. The van der Waals surface area contributed by atoms with Crippen LogP contribution in [0.15, 0.2) is 24.3 Å². The molecule has 2 unspecified atom stereocenters. The van der Waals surface area contributed by atoms with Gasteiger partial charge < -0.3 is 14.4 Å². The normalized spacial score (nSPS) is 13.6. The van der Waals surface area contributed by atoms with Crippen molar-refractivity contribution in [1.29, 1.82) is 0 Å². The second kappa shape index (κ2) is 37.3. The largest absolute Gasteiger partial charge is 0.472 e. The molecule has 294 valence electrons. The Morgan fingerprint density at radius 1 is 0.540 bits per heavy atom. The van der Waals surface area contributed by atoms with Gasteiger partial charge in [-0.25, -0.2) is 4.57 Å². The van der Waals surface area contributed by atoms with E-state index in [2.05, 4.69) is 42.7 Å². The number of unbranched alkanes of at least 4 members (excludes halogenated alkanes) is 23. The number of allylic oxidation sites excluding steroid dienone is 4. The van der Waals surface area contributed by atoms with Gasteiger partial charge in [0, 0.05) is 20.0 Å². The first-order chi connectivity index (χ1) is 24.3. The number of esters is 2. The third-order valence-corrected chi connectivity index (χ3v) is 9.85. The molecule has 0 heterocycles. The zero-order valence-corrected chi connectivity index (χ0v) is 33.5. The Morgan fingerprint density at radius 2 is 0.900 bits per heavy atom. The molecule has 8 nitrogen and oxygen atoms in total. The van der Waals surface area contributed by atoms with E-state index in [1.807, 2.05) is 0 Å². The lowest BCUT2D eigenvalue weighted by molar-refractivity contribution is -0.161. The van der Waals surface area contributed by atoms with Crippen LogP contribution in [-0.4, -0.2) is 43.3 Å². The summed E-state index contributed by atoms with van der Waals surface area (Å²) >= 11 is 0. The molecule has 0 amide bonds. The maximum absolute atomic E-state index is 12.5. The lowest BCUT2D eigenvalue weighted by Crippen LogP contribution is -2.29. The van der Waals surface area contributed by atoms with Gasteiger partial charge in [0.05, 0.1) is 6.61 Å². The average molecular weight is 729 g/mol. The molecule has 1 N–H and O–H groups in total. The fraction of sp³-hybridized carbons (Fsp3) is 0.854. The zero-order valence-electron chi connectivity index (χ0n) is 32.6. The van der Waals surface area contributed by atoms with Crippen molar-refractivity contribution in [1.82, 2.24) is 0 Å². The Hall–Kier alpha value is -1.47. The number of hydrogen-bond donors (Lipinski definition) is 1. The molecule has 0 aliphatic heterocycles. The van der Waals surface area contributed by atoms with Gasteiger partial charge in [-0.15, -0.1) is 0 Å². The molecule has 0 aliphatic carbocycles. The highest BCUT2D eigenvalue weighted by atomic mass is 31.2. The van der Waals surface area contributed by atoms with Gasteiger partial charge in [0.25, 0.3) is 0 Å². The SMILES string of the molecule is CCCCC/C=C\CCCCCCCC(=O)OCC(COP(=O)(O)OC)OC(=O)CCCCCCCCCCC/C=C\CCCCCCCC. The average Bonchev–Trinajstić information content (AvgIpc) is 3.10. The van der Waals surface area contributed by atoms with Crippen LogP contribution in [0.5, 0.6) is 0 Å². The molecule has 0 bridgehead atoms. The summed E-state index contributed by atoms with van der Waals surface area (Å²) in [5.41, 5.74) is 0. The summed E-state index contributed by atoms with van der Waals surface area (Å²) in [7, 11) is -3.20. The van der Waals surface area contributed by atoms with Crippen LogP contribution >= 0.6 is 7.82 Å². The molecule has 0 aromatic carbocycles. The van der Waals surface area contributed by atoms with Crippen LogP contribution in [0.2, 0.25) is 0 Å². The van der Waals surface area contributed by atoms with E-state index in [0.29, 0.717) is 6.42 Å². The van der Waals surface area contributed by atoms with Gasteiger partial charge in [-0.2, -0.15) is 0 Å². The van der Waals surface area contributed by atoms with Crippen LogP contribution in [0, 0.1) is 0 Å². The van der Waals surface area contributed by atoms with Crippen molar-refractivity contribution >= 4 is 19.8 Å². The predicted molar refractivity (Wildman–Crippen MR) is 207 cm³/mol. The van der Waals surface area contributed by atoms with E-state index in [1.165, 1.54) is 116 Å². The molecular formula is C41H77O8P. The van der Waals surface area contributed by atoms with E-state index >= 15 is 0 Å². The molecule has 50 heavy (non-hydrogen) atoms. The number of hydrogen-bond acceptors (Lipinski definition) is 7. The molecule has 0 saturated carbocycles. The first-order valence-corrected chi connectivity index (χ1v) is 22.0. The monoisotopic (exact) mass is 729 g/mol. The Kier molecular flexibility index (Phi) is 36.2. The molecule has 0 radical (unpaired) electrons. The summed E-state index contributed by atoms with van der Waals surface area (Å²) in [6.45, 7) is 3.85. The topological polar surface area (TPSA) is 108 Å². The van der Waals surface area contributed by atoms with Gasteiger partial charge in [0.2, 0.25) is 0 Å². The lowest BCUT2D eigenvalue weighted by atomic mass is 10.1. The highest BCUT2D eigenvalue weighted by Gasteiger charge is 2.24. The molecular weight excluding hydrogens is 651 g/mol. The van der Waals surface area contributed by atoms with Crippen LogP contribution in [0.1, 0.15) is 200 Å². The molecule has 0 aliphatic rings. The number of carbonyl (C=O) groups excluding carboxylic acids is 2. The summed E-state index contributed by atoms with van der Waals surface area (Å²) in [6.07, 6.45) is 40.9. The van der Waals surface area contributed by atoms with Crippen molar-refractivity contribution in [2.45, 2.75) is 206 Å². The van der Waals surface area contributed by atoms with Crippen molar-refractivity contribution in [2.24, 2.45) is 0 Å². The standard InChI is InChI=1S/C41H77O8P/c1-4-6-8-10-12-14-16-18-19-20-21-22-23-24-26-28-30-32-34-36-41(43)49-39(38-48-50(44,45)46-3)37-47-40(42)35-33-31-29-27-25-17-15-13-11-9-7-5-2/h13,15,18-19,39H,4-12,14,16-17,20-38H2,1-3H3,(H,44,45)/b15-13-,19-18-. The van der Waals surface area contributed by atoms with E-state index in [1.54, 1.807) is 0 Å². The number of carbonyl (C=O) groups is 2. The summed E-state index contributed by atoms with van der Waals surface area (Å²) in [6, 6.07) is 0. The molecule has 0 spiro atoms. The van der Waals surface area contributed by atoms with E-state index in [0.717, 1.165) is 58.5 Å². The van der Waals surface area contributed by atoms with Crippen molar-refractivity contribution < 1.29 is 37.6 Å². The van der Waals surface area contributed by atoms with Crippen molar-refractivity contribution in [3.05, 3.63) is 24.3 Å². The van der Waals surface area contributed by atoms with Crippen LogP contribution in [-0.2, 0) is 32.7 Å². The number of ether oxygens (including phenoxy) is 2. The molecule has 2 atom stereocenters. The quantitative estimate of drug-likeness (QED) is 0.0290. The molecule has 0 fully saturated rings. The van der Waals surface area contributed by atoms with Gasteiger partial charge >= 0.3 is 19.8 Å². The zero-order chi connectivity index (χ0) is 36.8. The fourth-order valence-electron chi connectivity index (χ4n) is 5.71. The molecule has 0 aromatic rings. The van der Waals surface area contributed by atoms with Crippen LogP contribution in [0.25, 0.3) is 0 Å². The molecule has 0 aromatic heterocycles. The minimum atomic E-state index is -4.26. The molecule has 0 rings (SSSR count). The lowest BCUT2D eigenvalue weighted by Gasteiger charge is -2.19. The van der Waals surface area contributed by atoms with Crippen molar-refractivity contribution in [3.63, 3.8) is 0 Å².